The normalized spacial score (nSPS) is 20.1. The molecule has 1 amide bonds. The first-order chi connectivity index (χ1) is 16.0. The quantitative estimate of drug-likeness (QED) is 0.401. The van der Waals surface area contributed by atoms with Crippen molar-refractivity contribution in [2.24, 2.45) is 16.0 Å². The lowest BCUT2D eigenvalue weighted by Crippen LogP contribution is -2.36. The molecule has 3 aliphatic heterocycles. The summed E-state index contributed by atoms with van der Waals surface area (Å²) in [6.45, 7) is 4.09. The van der Waals surface area contributed by atoms with Crippen LogP contribution in [-0.2, 0) is 4.79 Å². The van der Waals surface area contributed by atoms with Crippen LogP contribution in [0.25, 0.3) is 6.08 Å². The van der Waals surface area contributed by atoms with E-state index in [9.17, 15) is 9.59 Å². The molecule has 0 atom stereocenters. The minimum Gasteiger partial charge on any atom is -0.422 e. The van der Waals surface area contributed by atoms with E-state index < -0.39 is 11.9 Å². The molecule has 0 bridgehead atoms. The standard InChI is InChI=1S/C23H21N5O3S2/c1-14-8-10-27(11-9-14)23-26-28-19(24)17(20(29)25-22(28)33-23)13-15-4-6-16(7-5-15)31-21(30)18-3-2-12-32-18/h2-7,12-14,24H,8-11H2,1H3/b17-13+,24-19?. The van der Waals surface area contributed by atoms with Gasteiger partial charge in [0.05, 0.1) is 5.57 Å². The van der Waals surface area contributed by atoms with Gasteiger partial charge < -0.3 is 9.64 Å². The number of esters is 1. The van der Waals surface area contributed by atoms with E-state index in [1.54, 1.807) is 42.5 Å². The summed E-state index contributed by atoms with van der Waals surface area (Å²) in [5.41, 5.74) is 0.860. The summed E-state index contributed by atoms with van der Waals surface area (Å²) in [4.78, 5) is 31.6. The monoisotopic (exact) mass is 479 g/mol. The summed E-state index contributed by atoms with van der Waals surface area (Å²) in [6, 6.07) is 10.3. The van der Waals surface area contributed by atoms with E-state index >= 15 is 0 Å². The van der Waals surface area contributed by atoms with Gasteiger partial charge in [-0.3, -0.25) is 10.2 Å². The van der Waals surface area contributed by atoms with Crippen LogP contribution in [0, 0.1) is 11.3 Å². The number of ether oxygens (including phenoxy) is 1. The number of piperidine rings is 1. The van der Waals surface area contributed by atoms with Crippen LogP contribution >= 0.6 is 23.1 Å². The SMILES string of the molecule is CC1CCN(C2=NN3C(=N)/C(=C\c4ccc(OC(=O)c5cccs5)cc4)C(=O)N=C3S2)CC1. The second kappa shape index (κ2) is 8.95. The summed E-state index contributed by atoms with van der Waals surface area (Å²) < 4.78 is 5.37. The lowest BCUT2D eigenvalue weighted by molar-refractivity contribution is -0.114. The Morgan fingerprint density at radius 3 is 2.64 bits per heavy atom. The first kappa shape index (κ1) is 21.6. The topological polar surface area (TPSA) is 98.4 Å². The summed E-state index contributed by atoms with van der Waals surface area (Å²) in [7, 11) is 0. The van der Waals surface area contributed by atoms with E-state index in [0.717, 1.165) is 31.1 Å². The fourth-order valence-corrected chi connectivity index (χ4v) is 5.20. The molecule has 10 heteroatoms. The highest BCUT2D eigenvalue weighted by molar-refractivity contribution is 8.26. The molecular formula is C23H21N5O3S2. The molecular weight excluding hydrogens is 458 g/mol. The number of thiophene rings is 1. The lowest BCUT2D eigenvalue weighted by atomic mass is 10.00. The van der Waals surface area contributed by atoms with Crippen molar-refractivity contribution in [1.82, 2.24) is 9.91 Å². The van der Waals surface area contributed by atoms with Gasteiger partial charge in [0.25, 0.3) is 5.91 Å². The number of nitrogens with one attached hydrogen (secondary N) is 1. The summed E-state index contributed by atoms with van der Waals surface area (Å²) in [6.07, 6.45) is 3.81. The molecule has 1 saturated heterocycles. The molecule has 3 aliphatic rings. The second-order valence-corrected chi connectivity index (χ2v) is 9.89. The number of thioether (sulfide) groups is 1. The smallest absolute Gasteiger partial charge is 0.353 e. The predicted molar refractivity (Wildman–Crippen MR) is 131 cm³/mol. The molecule has 5 rings (SSSR count). The summed E-state index contributed by atoms with van der Waals surface area (Å²) in [5, 5.41) is 17.6. The first-order valence-corrected chi connectivity index (χ1v) is 12.3. The van der Waals surface area contributed by atoms with E-state index in [1.807, 2.05) is 5.38 Å². The van der Waals surface area contributed by atoms with Crippen molar-refractivity contribution >= 4 is 57.2 Å². The minimum absolute atomic E-state index is 0.00563. The van der Waals surface area contributed by atoms with Crippen LogP contribution in [0.5, 0.6) is 5.75 Å². The Kier molecular flexibility index (Phi) is 5.86. The number of amidine groups is 3. The zero-order valence-corrected chi connectivity index (χ0v) is 19.5. The Hall–Kier alpha value is -3.24. The van der Waals surface area contributed by atoms with Gasteiger partial charge in [-0.2, -0.15) is 10.0 Å². The van der Waals surface area contributed by atoms with Crippen LogP contribution in [0.15, 0.2) is 57.4 Å². The van der Waals surface area contributed by atoms with Gasteiger partial charge in [-0.15, -0.1) is 16.4 Å². The van der Waals surface area contributed by atoms with Crippen molar-refractivity contribution in [3.63, 3.8) is 0 Å². The average molecular weight is 480 g/mol. The van der Waals surface area contributed by atoms with Gasteiger partial charge in [0.2, 0.25) is 5.17 Å². The number of rotatable bonds is 3. The molecule has 33 heavy (non-hydrogen) atoms. The Bertz CT molecular complexity index is 1190. The number of amides is 1. The minimum atomic E-state index is -0.462. The van der Waals surface area contributed by atoms with Crippen molar-refractivity contribution in [3.8, 4) is 5.75 Å². The average Bonchev–Trinajstić information content (AvgIpc) is 3.49. The Morgan fingerprint density at radius 1 is 1.18 bits per heavy atom. The molecule has 8 nitrogen and oxygen atoms in total. The van der Waals surface area contributed by atoms with Crippen LogP contribution in [0.3, 0.4) is 0 Å². The number of hydrazone groups is 1. The Morgan fingerprint density at radius 2 is 1.94 bits per heavy atom. The van der Waals surface area contributed by atoms with Gasteiger partial charge in [-0.25, -0.2) is 4.79 Å². The third-order valence-corrected chi connectivity index (χ3v) is 7.44. The van der Waals surface area contributed by atoms with Crippen LogP contribution in [0.1, 0.15) is 35.0 Å². The molecule has 1 aromatic carbocycles. The zero-order chi connectivity index (χ0) is 22.9. The van der Waals surface area contributed by atoms with Gasteiger partial charge in [-0.1, -0.05) is 25.1 Å². The van der Waals surface area contributed by atoms with Crippen molar-refractivity contribution in [3.05, 3.63) is 57.8 Å². The summed E-state index contributed by atoms with van der Waals surface area (Å²) in [5.74, 6) is 0.238. The van der Waals surface area contributed by atoms with E-state index in [1.165, 1.54) is 28.1 Å². The van der Waals surface area contributed by atoms with Gasteiger partial charge in [0.1, 0.15) is 10.6 Å². The maximum absolute atomic E-state index is 12.7. The molecule has 0 spiro atoms. The highest BCUT2D eigenvalue weighted by Crippen LogP contribution is 2.31. The predicted octanol–water partition coefficient (Wildman–Crippen LogP) is 4.28. The van der Waals surface area contributed by atoms with Gasteiger partial charge in [-0.05, 0) is 65.7 Å². The molecule has 0 unspecified atom stereocenters. The number of hydrogen-bond acceptors (Lipinski definition) is 8. The Labute approximate surface area is 199 Å². The number of aliphatic imine (C=N–C) groups is 1. The molecule has 0 radical (unpaired) electrons. The third kappa shape index (κ3) is 4.49. The molecule has 1 N–H and O–H groups in total. The second-order valence-electron chi connectivity index (χ2n) is 8.01. The largest absolute Gasteiger partial charge is 0.422 e. The first-order valence-electron chi connectivity index (χ1n) is 10.6. The number of likely N-dealkylation sites (tertiary alicyclic amines) is 1. The van der Waals surface area contributed by atoms with Crippen molar-refractivity contribution < 1.29 is 14.3 Å². The molecule has 168 valence electrons. The van der Waals surface area contributed by atoms with E-state index in [0.29, 0.717) is 27.3 Å². The van der Waals surface area contributed by atoms with Crippen LogP contribution in [0.4, 0.5) is 0 Å². The number of benzene rings is 1. The van der Waals surface area contributed by atoms with E-state index in [-0.39, 0.29) is 11.4 Å². The van der Waals surface area contributed by atoms with Crippen molar-refractivity contribution in [2.75, 3.05) is 13.1 Å². The summed E-state index contributed by atoms with van der Waals surface area (Å²) >= 11 is 2.66. The number of fused-ring (bicyclic) bond motifs is 1. The maximum Gasteiger partial charge on any atom is 0.353 e. The zero-order valence-electron chi connectivity index (χ0n) is 17.9. The van der Waals surface area contributed by atoms with Gasteiger partial charge >= 0.3 is 5.97 Å². The highest BCUT2D eigenvalue weighted by Gasteiger charge is 2.37. The van der Waals surface area contributed by atoms with Crippen LogP contribution in [-0.4, -0.2) is 51.0 Å². The molecule has 1 fully saturated rings. The third-order valence-electron chi connectivity index (χ3n) is 5.62. The molecule has 2 aromatic rings. The molecule has 0 aliphatic carbocycles. The lowest BCUT2D eigenvalue weighted by Gasteiger charge is -2.30. The fourth-order valence-electron chi connectivity index (χ4n) is 3.66. The number of carbonyl (C=O) groups excluding carboxylic acids is 2. The van der Waals surface area contributed by atoms with Crippen molar-refractivity contribution in [2.45, 2.75) is 19.8 Å². The number of hydrogen-bond donors (Lipinski definition) is 1. The van der Waals surface area contributed by atoms with Crippen LogP contribution in [0.2, 0.25) is 0 Å². The number of carbonyl (C=O) groups is 2. The van der Waals surface area contributed by atoms with Crippen LogP contribution < -0.4 is 4.74 Å². The molecule has 0 saturated carbocycles. The maximum atomic E-state index is 12.7. The number of nitrogens with zero attached hydrogens (tertiary/aromatic N) is 4. The van der Waals surface area contributed by atoms with Gasteiger partial charge in [0.15, 0.2) is 11.0 Å². The van der Waals surface area contributed by atoms with E-state index in [4.69, 9.17) is 10.1 Å². The Balaban J connectivity index is 1.31. The van der Waals surface area contributed by atoms with Gasteiger partial charge in [0, 0.05) is 13.1 Å². The van der Waals surface area contributed by atoms with E-state index in [2.05, 4.69) is 21.9 Å². The van der Waals surface area contributed by atoms with Crippen molar-refractivity contribution in [1.29, 1.82) is 5.41 Å². The molecule has 1 aromatic heterocycles. The fraction of sp³-hybridized carbons (Fsp3) is 0.261. The molecule has 4 heterocycles. The highest BCUT2D eigenvalue weighted by atomic mass is 32.2.